The van der Waals surface area contributed by atoms with Crippen molar-refractivity contribution in [1.82, 2.24) is 9.97 Å². The van der Waals surface area contributed by atoms with Crippen LogP contribution in [0, 0.1) is 11.8 Å². The molecule has 0 saturated carbocycles. The number of aliphatic hydroxyl groups is 1. The number of aliphatic hydroxyl groups excluding tert-OH is 1. The van der Waals surface area contributed by atoms with Gasteiger partial charge in [0.15, 0.2) is 0 Å². The van der Waals surface area contributed by atoms with Crippen LogP contribution in [0.25, 0.3) is 10.2 Å². The van der Waals surface area contributed by atoms with Crippen LogP contribution >= 0.6 is 11.3 Å². The highest BCUT2D eigenvalue weighted by atomic mass is 32.1. The van der Waals surface area contributed by atoms with Gasteiger partial charge in [-0.15, -0.1) is 11.3 Å². The Bertz CT molecular complexity index is 507. The van der Waals surface area contributed by atoms with Crippen molar-refractivity contribution in [1.29, 1.82) is 0 Å². The Hall–Kier alpha value is -1.44. The van der Waals surface area contributed by atoms with Crippen molar-refractivity contribution in [2.75, 3.05) is 0 Å². The Balaban J connectivity index is 2.53. The van der Waals surface area contributed by atoms with E-state index in [0.717, 1.165) is 10.2 Å². The first-order valence-electron chi connectivity index (χ1n) is 4.15. The quantitative estimate of drug-likeness (QED) is 0.660. The molecule has 0 amide bonds. The largest absolute Gasteiger partial charge is 0.381 e. The maximum Gasteiger partial charge on any atom is 0.127 e. The molecule has 2 aromatic rings. The summed E-state index contributed by atoms with van der Waals surface area (Å²) in [5.74, 6) is 5.49. The maximum absolute atomic E-state index is 9.02. The van der Waals surface area contributed by atoms with E-state index in [1.807, 2.05) is 11.4 Å². The van der Waals surface area contributed by atoms with Crippen molar-refractivity contribution in [2.45, 2.75) is 13.0 Å². The molecule has 1 unspecified atom stereocenters. The first-order chi connectivity index (χ1) is 6.77. The van der Waals surface area contributed by atoms with Gasteiger partial charge in [-0.3, -0.25) is 0 Å². The maximum atomic E-state index is 9.02. The van der Waals surface area contributed by atoms with Crippen molar-refractivity contribution in [3.63, 3.8) is 0 Å². The van der Waals surface area contributed by atoms with Gasteiger partial charge in [0.05, 0.1) is 0 Å². The van der Waals surface area contributed by atoms with E-state index in [1.54, 1.807) is 18.3 Å². The Morgan fingerprint density at radius 2 is 2.36 bits per heavy atom. The molecule has 0 spiro atoms. The summed E-state index contributed by atoms with van der Waals surface area (Å²) in [6.45, 7) is 1.62. The lowest BCUT2D eigenvalue weighted by molar-refractivity contribution is 0.253. The molecular formula is C10H8N2OS. The molecule has 0 bridgehead atoms. The minimum atomic E-state index is -0.626. The lowest BCUT2D eigenvalue weighted by Crippen LogP contribution is -1.93. The average Bonchev–Trinajstić information content (AvgIpc) is 2.62. The Labute approximate surface area is 85.4 Å². The van der Waals surface area contributed by atoms with Gasteiger partial charge in [-0.25, -0.2) is 9.97 Å². The average molecular weight is 204 g/mol. The van der Waals surface area contributed by atoms with Crippen molar-refractivity contribution in [2.24, 2.45) is 0 Å². The summed E-state index contributed by atoms with van der Waals surface area (Å²) in [6.07, 6.45) is 0.865. The molecule has 4 heteroatoms. The molecule has 14 heavy (non-hydrogen) atoms. The molecule has 1 atom stereocenters. The third-order valence-corrected chi connectivity index (χ3v) is 2.48. The summed E-state index contributed by atoms with van der Waals surface area (Å²) in [7, 11) is 0. The number of hydrogen-bond acceptors (Lipinski definition) is 4. The molecule has 1 N–H and O–H groups in total. The molecule has 3 nitrogen and oxygen atoms in total. The van der Waals surface area contributed by atoms with E-state index in [4.69, 9.17) is 5.11 Å². The van der Waals surface area contributed by atoms with Gasteiger partial charge >= 0.3 is 0 Å². The minimum absolute atomic E-state index is 0.626. The molecule has 0 aliphatic rings. The molecular weight excluding hydrogens is 196 g/mol. The molecule has 70 valence electrons. The molecule has 0 radical (unpaired) electrons. The van der Waals surface area contributed by atoms with Crippen molar-refractivity contribution in [3.8, 4) is 11.8 Å². The number of aromatic nitrogens is 2. The standard InChI is InChI=1S/C10H8N2OS/c1-7(13)2-3-9-8-4-5-14-10(8)12-6-11-9/h4-7,13H,1H3. The van der Waals surface area contributed by atoms with Gasteiger partial charge in [-0.1, -0.05) is 5.92 Å². The number of fused-ring (bicyclic) bond motifs is 1. The van der Waals surface area contributed by atoms with Crippen LogP contribution in [0.1, 0.15) is 12.6 Å². The van der Waals surface area contributed by atoms with Gasteiger partial charge in [0.1, 0.15) is 23.0 Å². The second kappa shape index (κ2) is 3.74. The van der Waals surface area contributed by atoms with E-state index < -0.39 is 6.10 Å². The highest BCUT2D eigenvalue weighted by Crippen LogP contribution is 2.19. The van der Waals surface area contributed by atoms with Crippen LogP contribution in [0.3, 0.4) is 0 Å². The monoisotopic (exact) mass is 204 g/mol. The van der Waals surface area contributed by atoms with E-state index in [0.29, 0.717) is 5.69 Å². The second-order valence-corrected chi connectivity index (χ2v) is 3.70. The Kier molecular flexibility index (Phi) is 2.44. The SMILES string of the molecule is CC(O)C#Cc1ncnc2sccc12. The van der Waals surface area contributed by atoms with Gasteiger partial charge in [-0.2, -0.15) is 0 Å². The van der Waals surface area contributed by atoms with Crippen LogP contribution in [0.15, 0.2) is 17.8 Å². The highest BCUT2D eigenvalue weighted by Gasteiger charge is 2.01. The van der Waals surface area contributed by atoms with Crippen molar-refractivity contribution < 1.29 is 5.11 Å². The molecule has 2 heterocycles. The molecule has 0 aliphatic heterocycles. The summed E-state index contributed by atoms with van der Waals surface area (Å²) in [5, 5.41) is 11.9. The zero-order chi connectivity index (χ0) is 9.97. The third kappa shape index (κ3) is 1.74. The Morgan fingerprint density at radius 3 is 3.14 bits per heavy atom. The highest BCUT2D eigenvalue weighted by molar-refractivity contribution is 7.16. The van der Waals surface area contributed by atoms with Crippen LogP contribution in [0.4, 0.5) is 0 Å². The van der Waals surface area contributed by atoms with E-state index in [9.17, 15) is 0 Å². The number of rotatable bonds is 0. The van der Waals surface area contributed by atoms with Gasteiger partial charge in [0.25, 0.3) is 0 Å². The van der Waals surface area contributed by atoms with Crippen LogP contribution in [0.5, 0.6) is 0 Å². The summed E-state index contributed by atoms with van der Waals surface area (Å²) in [5.41, 5.74) is 0.678. The lowest BCUT2D eigenvalue weighted by atomic mass is 10.3. The second-order valence-electron chi connectivity index (χ2n) is 2.81. The minimum Gasteiger partial charge on any atom is -0.381 e. The van der Waals surface area contributed by atoms with E-state index in [1.165, 1.54) is 6.33 Å². The van der Waals surface area contributed by atoms with Crippen molar-refractivity contribution >= 4 is 21.6 Å². The van der Waals surface area contributed by atoms with E-state index in [2.05, 4.69) is 21.8 Å². The predicted octanol–water partition coefficient (Wildman–Crippen LogP) is 1.42. The van der Waals surface area contributed by atoms with Crippen LogP contribution in [-0.4, -0.2) is 21.2 Å². The van der Waals surface area contributed by atoms with Gasteiger partial charge in [-0.05, 0) is 24.3 Å². The molecule has 2 aromatic heterocycles. The number of hydrogen-bond donors (Lipinski definition) is 1. The summed E-state index contributed by atoms with van der Waals surface area (Å²) < 4.78 is 0. The lowest BCUT2D eigenvalue weighted by Gasteiger charge is -1.92. The van der Waals surface area contributed by atoms with Crippen LogP contribution in [0.2, 0.25) is 0 Å². The smallest absolute Gasteiger partial charge is 0.127 e. The zero-order valence-electron chi connectivity index (χ0n) is 7.56. The van der Waals surface area contributed by atoms with Crippen LogP contribution in [-0.2, 0) is 0 Å². The number of nitrogens with zero attached hydrogens (tertiary/aromatic N) is 2. The van der Waals surface area contributed by atoms with E-state index in [-0.39, 0.29) is 0 Å². The fourth-order valence-electron chi connectivity index (χ4n) is 1.06. The summed E-state index contributed by atoms with van der Waals surface area (Å²) in [4.78, 5) is 9.09. The zero-order valence-corrected chi connectivity index (χ0v) is 8.38. The van der Waals surface area contributed by atoms with Crippen molar-refractivity contribution in [3.05, 3.63) is 23.5 Å². The predicted molar refractivity (Wildman–Crippen MR) is 56.0 cm³/mol. The summed E-state index contributed by atoms with van der Waals surface area (Å²) >= 11 is 1.55. The Morgan fingerprint density at radius 1 is 1.50 bits per heavy atom. The topological polar surface area (TPSA) is 46.0 Å². The fourth-order valence-corrected chi connectivity index (χ4v) is 1.80. The molecule has 0 saturated heterocycles. The number of thiophene rings is 1. The van der Waals surface area contributed by atoms with Gasteiger partial charge in [0, 0.05) is 5.39 Å². The van der Waals surface area contributed by atoms with Gasteiger partial charge < -0.3 is 5.11 Å². The molecule has 2 rings (SSSR count). The summed E-state index contributed by atoms with van der Waals surface area (Å²) in [6, 6.07) is 1.94. The van der Waals surface area contributed by atoms with E-state index >= 15 is 0 Å². The normalized spacial score (nSPS) is 12.1. The van der Waals surface area contributed by atoms with Crippen LogP contribution < -0.4 is 0 Å². The fraction of sp³-hybridized carbons (Fsp3) is 0.200. The molecule has 0 fully saturated rings. The third-order valence-electron chi connectivity index (χ3n) is 1.66. The molecule has 0 aliphatic carbocycles. The first kappa shape index (κ1) is 9.13. The molecule has 0 aromatic carbocycles. The first-order valence-corrected chi connectivity index (χ1v) is 5.03. The van der Waals surface area contributed by atoms with Gasteiger partial charge in [0.2, 0.25) is 0 Å².